The fourth-order valence-electron chi connectivity index (χ4n) is 2.13. The Morgan fingerprint density at radius 1 is 1.59 bits per heavy atom. The van der Waals surface area contributed by atoms with Crippen LogP contribution in [0.3, 0.4) is 0 Å². The van der Waals surface area contributed by atoms with Crippen LogP contribution in [-0.2, 0) is 11.3 Å². The first-order valence-corrected chi connectivity index (χ1v) is 6.17. The summed E-state index contributed by atoms with van der Waals surface area (Å²) < 4.78 is 1.78. The summed E-state index contributed by atoms with van der Waals surface area (Å²) in [5, 5.41) is 4.08. The van der Waals surface area contributed by atoms with Crippen molar-refractivity contribution in [3.63, 3.8) is 0 Å². The van der Waals surface area contributed by atoms with Gasteiger partial charge in [0, 0.05) is 44.5 Å². The maximum atomic E-state index is 12.0. The third kappa shape index (κ3) is 3.06. The van der Waals surface area contributed by atoms with Crippen LogP contribution in [0.4, 0.5) is 0 Å². The molecule has 1 aromatic heterocycles. The lowest BCUT2D eigenvalue weighted by atomic mass is 9.94. The first kappa shape index (κ1) is 12.1. The molecular weight excluding hydrogens is 216 g/mol. The van der Waals surface area contributed by atoms with Gasteiger partial charge in [-0.15, -0.1) is 0 Å². The van der Waals surface area contributed by atoms with Crippen molar-refractivity contribution in [2.24, 2.45) is 11.7 Å². The van der Waals surface area contributed by atoms with Crippen molar-refractivity contribution in [1.82, 2.24) is 14.7 Å². The molecule has 0 spiro atoms. The predicted octanol–water partition coefficient (Wildman–Crippen LogP) is 0.469. The van der Waals surface area contributed by atoms with Gasteiger partial charge in [0.25, 0.3) is 0 Å². The second-order valence-electron chi connectivity index (χ2n) is 4.79. The Balaban J connectivity index is 1.80. The van der Waals surface area contributed by atoms with Crippen molar-refractivity contribution in [2.45, 2.75) is 32.4 Å². The summed E-state index contributed by atoms with van der Waals surface area (Å²) in [6, 6.07) is 1.99. The SMILES string of the molecule is CC1CCN(C(=O)CCn2cccn2)CC1N. The zero-order valence-electron chi connectivity index (χ0n) is 10.2. The van der Waals surface area contributed by atoms with Gasteiger partial charge in [-0.25, -0.2) is 0 Å². The molecule has 2 unspecified atom stereocenters. The molecule has 2 atom stereocenters. The molecular formula is C12H20N4O. The number of amides is 1. The zero-order chi connectivity index (χ0) is 12.3. The number of aromatic nitrogens is 2. The second kappa shape index (κ2) is 5.31. The Labute approximate surface area is 102 Å². The van der Waals surface area contributed by atoms with Gasteiger partial charge >= 0.3 is 0 Å². The predicted molar refractivity (Wildman–Crippen MR) is 65.2 cm³/mol. The highest BCUT2D eigenvalue weighted by Gasteiger charge is 2.25. The first-order chi connectivity index (χ1) is 8.16. The quantitative estimate of drug-likeness (QED) is 0.829. The standard InChI is InChI=1S/C12H20N4O/c1-10-3-7-15(9-11(10)13)12(17)4-8-16-6-2-5-14-16/h2,5-6,10-11H,3-4,7-9,13H2,1H3. The van der Waals surface area contributed by atoms with Gasteiger partial charge in [-0.3, -0.25) is 9.48 Å². The summed E-state index contributed by atoms with van der Waals surface area (Å²) in [4.78, 5) is 13.9. The fourth-order valence-corrected chi connectivity index (χ4v) is 2.13. The lowest BCUT2D eigenvalue weighted by Crippen LogP contribution is -2.49. The van der Waals surface area contributed by atoms with Crippen LogP contribution in [0, 0.1) is 5.92 Å². The Morgan fingerprint density at radius 3 is 3.06 bits per heavy atom. The number of nitrogens with zero attached hydrogens (tertiary/aromatic N) is 3. The zero-order valence-corrected chi connectivity index (χ0v) is 10.2. The van der Waals surface area contributed by atoms with E-state index < -0.39 is 0 Å². The van der Waals surface area contributed by atoms with Gasteiger partial charge in [0.05, 0.1) is 0 Å². The van der Waals surface area contributed by atoms with Crippen LogP contribution in [0.25, 0.3) is 0 Å². The Morgan fingerprint density at radius 2 is 2.41 bits per heavy atom. The van der Waals surface area contributed by atoms with Crippen LogP contribution in [0.2, 0.25) is 0 Å². The first-order valence-electron chi connectivity index (χ1n) is 6.17. The molecule has 2 rings (SSSR count). The fraction of sp³-hybridized carbons (Fsp3) is 0.667. The van der Waals surface area contributed by atoms with Crippen LogP contribution in [0.15, 0.2) is 18.5 Å². The number of aryl methyl sites for hydroxylation is 1. The summed E-state index contributed by atoms with van der Waals surface area (Å²) in [6.45, 7) is 4.33. The summed E-state index contributed by atoms with van der Waals surface area (Å²) >= 11 is 0. The maximum absolute atomic E-state index is 12.0. The number of carbonyl (C=O) groups is 1. The summed E-state index contributed by atoms with van der Waals surface area (Å²) in [5.41, 5.74) is 5.99. The van der Waals surface area contributed by atoms with Gasteiger partial charge in [-0.05, 0) is 18.4 Å². The van der Waals surface area contributed by atoms with Crippen LogP contribution in [0.5, 0.6) is 0 Å². The molecule has 2 heterocycles. The second-order valence-corrected chi connectivity index (χ2v) is 4.79. The molecule has 2 N–H and O–H groups in total. The number of nitrogens with two attached hydrogens (primary N) is 1. The highest BCUT2D eigenvalue weighted by Crippen LogP contribution is 2.16. The monoisotopic (exact) mass is 236 g/mol. The summed E-state index contributed by atoms with van der Waals surface area (Å²) in [5.74, 6) is 0.702. The van der Waals surface area contributed by atoms with Crippen molar-refractivity contribution in [2.75, 3.05) is 13.1 Å². The number of rotatable bonds is 3. The van der Waals surface area contributed by atoms with Gasteiger partial charge in [0.15, 0.2) is 0 Å². The molecule has 1 aliphatic rings. The average Bonchev–Trinajstić information content (AvgIpc) is 2.82. The molecule has 94 valence electrons. The normalized spacial score (nSPS) is 24.9. The average molecular weight is 236 g/mol. The molecule has 5 heteroatoms. The van der Waals surface area contributed by atoms with E-state index in [-0.39, 0.29) is 11.9 Å². The Hall–Kier alpha value is -1.36. The minimum Gasteiger partial charge on any atom is -0.341 e. The minimum absolute atomic E-state index is 0.123. The van der Waals surface area contributed by atoms with Crippen LogP contribution < -0.4 is 5.73 Å². The van der Waals surface area contributed by atoms with E-state index in [9.17, 15) is 4.79 Å². The third-order valence-electron chi connectivity index (χ3n) is 3.48. The largest absolute Gasteiger partial charge is 0.341 e. The van der Waals surface area contributed by atoms with Gasteiger partial charge in [-0.2, -0.15) is 5.10 Å². The molecule has 0 aromatic carbocycles. The molecule has 17 heavy (non-hydrogen) atoms. The van der Waals surface area contributed by atoms with E-state index in [1.807, 2.05) is 17.2 Å². The number of likely N-dealkylation sites (tertiary alicyclic amines) is 1. The van der Waals surface area contributed by atoms with Crippen molar-refractivity contribution < 1.29 is 4.79 Å². The molecule has 0 saturated carbocycles. The van der Waals surface area contributed by atoms with Gasteiger partial charge in [0.1, 0.15) is 0 Å². The van der Waals surface area contributed by atoms with Gasteiger partial charge < -0.3 is 10.6 Å². The molecule has 1 fully saturated rings. The number of piperidine rings is 1. The summed E-state index contributed by atoms with van der Waals surface area (Å²) in [6.07, 6.45) is 5.11. The van der Waals surface area contributed by atoms with E-state index in [1.54, 1.807) is 10.9 Å². The van der Waals surface area contributed by atoms with Crippen LogP contribution in [0.1, 0.15) is 19.8 Å². The van der Waals surface area contributed by atoms with Crippen molar-refractivity contribution >= 4 is 5.91 Å². The van der Waals surface area contributed by atoms with Crippen molar-refractivity contribution in [1.29, 1.82) is 0 Å². The van der Waals surface area contributed by atoms with Gasteiger partial charge in [-0.1, -0.05) is 6.92 Å². The number of carbonyl (C=O) groups excluding carboxylic acids is 1. The van der Waals surface area contributed by atoms with Crippen LogP contribution in [-0.4, -0.2) is 39.7 Å². The lowest BCUT2D eigenvalue weighted by Gasteiger charge is -2.35. The van der Waals surface area contributed by atoms with E-state index in [4.69, 9.17) is 5.73 Å². The lowest BCUT2D eigenvalue weighted by molar-refractivity contribution is -0.133. The highest BCUT2D eigenvalue weighted by atomic mass is 16.2. The van der Waals surface area contributed by atoms with E-state index in [0.29, 0.717) is 25.4 Å². The molecule has 1 saturated heterocycles. The Bertz CT molecular complexity index is 363. The highest BCUT2D eigenvalue weighted by molar-refractivity contribution is 5.76. The third-order valence-corrected chi connectivity index (χ3v) is 3.48. The van der Waals surface area contributed by atoms with Crippen LogP contribution >= 0.6 is 0 Å². The minimum atomic E-state index is 0.123. The van der Waals surface area contributed by atoms with E-state index in [2.05, 4.69) is 12.0 Å². The molecule has 1 aromatic rings. The molecule has 1 amide bonds. The molecule has 0 radical (unpaired) electrons. The van der Waals surface area contributed by atoms with Crippen molar-refractivity contribution in [3.8, 4) is 0 Å². The molecule has 0 bridgehead atoms. The van der Waals surface area contributed by atoms with E-state index >= 15 is 0 Å². The smallest absolute Gasteiger partial charge is 0.224 e. The van der Waals surface area contributed by atoms with Crippen molar-refractivity contribution in [3.05, 3.63) is 18.5 Å². The van der Waals surface area contributed by atoms with E-state index in [0.717, 1.165) is 13.0 Å². The molecule has 0 aliphatic carbocycles. The Kier molecular flexibility index (Phi) is 3.78. The molecule has 1 aliphatic heterocycles. The number of hydrogen-bond acceptors (Lipinski definition) is 3. The van der Waals surface area contributed by atoms with E-state index in [1.165, 1.54) is 0 Å². The summed E-state index contributed by atoms with van der Waals surface area (Å²) in [7, 11) is 0. The van der Waals surface area contributed by atoms with Gasteiger partial charge in [0.2, 0.25) is 5.91 Å². The topological polar surface area (TPSA) is 64.2 Å². The maximum Gasteiger partial charge on any atom is 0.224 e. The molecule has 5 nitrogen and oxygen atoms in total. The number of hydrogen-bond donors (Lipinski definition) is 1.